The van der Waals surface area contributed by atoms with E-state index in [0.717, 1.165) is 64.8 Å². The van der Waals surface area contributed by atoms with Crippen LogP contribution in [-0.4, -0.2) is 63.8 Å². The summed E-state index contributed by atoms with van der Waals surface area (Å²) in [6.07, 6.45) is 1.87. The van der Waals surface area contributed by atoms with Gasteiger partial charge in [-0.1, -0.05) is 12.1 Å². The lowest BCUT2D eigenvalue weighted by atomic mass is 9.99. The number of methoxy groups -OCH3 is 1. The first-order valence-corrected chi connectivity index (χ1v) is 15.1. The van der Waals surface area contributed by atoms with Crippen molar-refractivity contribution >= 4 is 47.1 Å². The molecule has 6 rings (SSSR count). The molecule has 1 fully saturated rings. The third kappa shape index (κ3) is 5.94. The Bertz CT molecular complexity index is 1710. The number of benzene rings is 2. The average Bonchev–Trinajstić information content (AvgIpc) is 3.49. The molecular weight excluding hydrogens is 602 g/mol. The summed E-state index contributed by atoms with van der Waals surface area (Å²) in [6, 6.07) is 14.5. The third-order valence-electron chi connectivity index (χ3n) is 8.18. The van der Waals surface area contributed by atoms with Crippen LogP contribution in [-0.2, 0) is 9.53 Å². The zero-order valence-electron chi connectivity index (χ0n) is 24.9. The highest BCUT2D eigenvalue weighted by Crippen LogP contribution is 2.40. The number of hydrogen-bond donors (Lipinski definition) is 1. The predicted octanol–water partition coefficient (Wildman–Crippen LogP) is 5.88. The molecule has 2 aromatic carbocycles. The second-order valence-corrected chi connectivity index (χ2v) is 12.1. The topological polar surface area (TPSA) is 119 Å². The van der Waals surface area contributed by atoms with Gasteiger partial charge < -0.3 is 19.5 Å². The normalized spacial score (nSPS) is 16.2. The Labute approximate surface area is 265 Å². The minimum absolute atomic E-state index is 0. The van der Waals surface area contributed by atoms with Crippen LogP contribution in [0.4, 0.5) is 5.69 Å². The largest absolute Gasteiger partial charge is 0.490 e. The minimum atomic E-state index is -0.946. The number of aliphatic imine (C=N–C) groups is 1. The van der Waals surface area contributed by atoms with E-state index in [9.17, 15) is 9.59 Å². The number of piperidine rings is 1. The minimum Gasteiger partial charge on any atom is -0.490 e. The van der Waals surface area contributed by atoms with Gasteiger partial charge in [-0.3, -0.25) is 14.4 Å². The summed E-state index contributed by atoms with van der Waals surface area (Å²) in [6.45, 7) is 7.84. The monoisotopic (exact) mass is 635 g/mol. The van der Waals surface area contributed by atoms with Gasteiger partial charge in [0.15, 0.2) is 5.82 Å². The van der Waals surface area contributed by atoms with Gasteiger partial charge in [0.25, 0.3) is 0 Å². The van der Waals surface area contributed by atoms with Gasteiger partial charge in [0.1, 0.15) is 28.7 Å². The second-order valence-electron chi connectivity index (χ2n) is 10.9. The maximum Gasteiger partial charge on any atom is 0.335 e. The highest BCUT2D eigenvalue weighted by molar-refractivity contribution is 7.15. The van der Waals surface area contributed by atoms with E-state index < -0.39 is 12.0 Å². The fourth-order valence-corrected chi connectivity index (χ4v) is 6.91. The van der Waals surface area contributed by atoms with Crippen LogP contribution in [0.25, 0.3) is 5.00 Å². The van der Waals surface area contributed by atoms with Crippen LogP contribution in [0.1, 0.15) is 68.9 Å². The number of hydrogen-bond acceptors (Lipinski definition) is 9. The predicted molar refractivity (Wildman–Crippen MR) is 171 cm³/mol. The molecule has 2 aromatic heterocycles. The molecule has 12 heteroatoms. The van der Waals surface area contributed by atoms with Crippen LogP contribution in [0.2, 0.25) is 0 Å². The molecule has 0 amide bonds. The van der Waals surface area contributed by atoms with Crippen molar-refractivity contribution in [1.82, 2.24) is 14.8 Å². The number of aromatic nitrogens is 3. The van der Waals surface area contributed by atoms with Gasteiger partial charge in [0, 0.05) is 47.6 Å². The van der Waals surface area contributed by atoms with Gasteiger partial charge in [-0.25, -0.2) is 4.79 Å². The van der Waals surface area contributed by atoms with Crippen molar-refractivity contribution in [3.05, 3.63) is 87.3 Å². The molecule has 1 saturated heterocycles. The van der Waals surface area contributed by atoms with E-state index in [1.165, 1.54) is 12.0 Å². The molecule has 4 aromatic rings. The summed E-state index contributed by atoms with van der Waals surface area (Å²) < 4.78 is 13.2. The van der Waals surface area contributed by atoms with E-state index in [0.29, 0.717) is 11.6 Å². The lowest BCUT2D eigenvalue weighted by Gasteiger charge is -2.33. The maximum atomic E-state index is 12.4. The quantitative estimate of drug-likeness (QED) is 0.250. The van der Waals surface area contributed by atoms with Crippen molar-refractivity contribution in [2.24, 2.45) is 4.99 Å². The standard InChI is InChI=1S/C32H33N5O5S.ClH/c1-18-19(2)43-31-28(18)29(33-26(17-27(38)41-4)30-35-34-20(3)37(30)31)21-5-9-23(10-6-21)36-15-13-25(14-16-36)42-24-11-7-22(8-12-24)32(39)40;/h5-12,25-26H,13-17H2,1-4H3,(H,39,40);1H/t26-;/m0./s1. The van der Waals surface area contributed by atoms with Crippen molar-refractivity contribution in [1.29, 1.82) is 0 Å². The Balaban J connectivity index is 0.00000384. The molecule has 44 heavy (non-hydrogen) atoms. The van der Waals surface area contributed by atoms with Crippen molar-refractivity contribution in [3.63, 3.8) is 0 Å². The molecule has 0 aliphatic carbocycles. The number of nitrogens with zero attached hydrogens (tertiary/aromatic N) is 5. The number of carboxylic acid groups (broad SMARTS) is 1. The summed E-state index contributed by atoms with van der Waals surface area (Å²) in [5.74, 6) is 0.786. The molecule has 230 valence electrons. The number of carboxylic acids is 1. The smallest absolute Gasteiger partial charge is 0.335 e. The summed E-state index contributed by atoms with van der Waals surface area (Å²) in [4.78, 5) is 32.2. The number of rotatable bonds is 7. The first-order chi connectivity index (χ1) is 20.7. The number of anilines is 1. The summed E-state index contributed by atoms with van der Waals surface area (Å²) in [5, 5.41) is 18.9. The van der Waals surface area contributed by atoms with E-state index in [4.69, 9.17) is 19.6 Å². The lowest BCUT2D eigenvalue weighted by Crippen LogP contribution is -2.38. The molecule has 1 atom stereocenters. The van der Waals surface area contributed by atoms with Gasteiger partial charge in [-0.2, -0.15) is 0 Å². The van der Waals surface area contributed by atoms with Crippen LogP contribution < -0.4 is 9.64 Å². The average molecular weight is 636 g/mol. The van der Waals surface area contributed by atoms with Crippen LogP contribution in [0.5, 0.6) is 5.75 Å². The number of carbonyl (C=O) groups is 2. The van der Waals surface area contributed by atoms with Crippen molar-refractivity contribution < 1.29 is 24.2 Å². The molecule has 0 saturated carbocycles. The number of thiophene rings is 1. The van der Waals surface area contributed by atoms with Crippen molar-refractivity contribution in [3.8, 4) is 10.8 Å². The number of halogens is 1. The molecule has 10 nitrogen and oxygen atoms in total. The third-order valence-corrected chi connectivity index (χ3v) is 9.37. The van der Waals surface area contributed by atoms with Crippen molar-refractivity contribution in [2.45, 2.75) is 52.2 Å². The van der Waals surface area contributed by atoms with Gasteiger partial charge in [0.05, 0.1) is 24.8 Å². The molecular formula is C32H34ClN5O5S. The molecule has 0 spiro atoms. The molecule has 0 radical (unpaired) electrons. The Hall–Kier alpha value is -4.22. The number of aromatic carboxylic acids is 1. The molecule has 2 aliphatic heterocycles. The number of ether oxygens (including phenoxy) is 2. The molecule has 1 N–H and O–H groups in total. The molecule has 0 unspecified atom stereocenters. The molecule has 0 bridgehead atoms. The van der Waals surface area contributed by atoms with Gasteiger partial charge in [0.2, 0.25) is 0 Å². The van der Waals surface area contributed by atoms with Crippen LogP contribution >= 0.6 is 23.7 Å². The highest BCUT2D eigenvalue weighted by Gasteiger charge is 2.32. The Morgan fingerprint density at radius 3 is 2.32 bits per heavy atom. The summed E-state index contributed by atoms with van der Waals surface area (Å²) >= 11 is 1.68. The SMILES string of the molecule is COC(=O)C[C@@H]1N=C(c2ccc(N3CCC(Oc4ccc(C(=O)O)cc4)CC3)cc2)c2c(sc(C)c2C)-n2c(C)nnc21.Cl. The molecule has 2 aliphatic rings. The number of carbonyl (C=O) groups excluding carboxylic acids is 1. The Morgan fingerprint density at radius 2 is 1.68 bits per heavy atom. The van der Waals surface area contributed by atoms with E-state index in [-0.39, 0.29) is 36.5 Å². The van der Waals surface area contributed by atoms with E-state index in [2.05, 4.69) is 53.2 Å². The number of aryl methyl sites for hydroxylation is 2. The number of fused-ring (bicyclic) bond motifs is 3. The second kappa shape index (κ2) is 12.8. The van der Waals surface area contributed by atoms with Gasteiger partial charge >= 0.3 is 11.9 Å². The fraction of sp³-hybridized carbons (Fsp3) is 0.344. The van der Waals surface area contributed by atoms with E-state index >= 15 is 0 Å². The zero-order chi connectivity index (χ0) is 30.2. The van der Waals surface area contributed by atoms with E-state index in [1.54, 1.807) is 35.6 Å². The van der Waals surface area contributed by atoms with E-state index in [1.807, 2.05) is 11.5 Å². The Morgan fingerprint density at radius 1 is 1.00 bits per heavy atom. The lowest BCUT2D eigenvalue weighted by molar-refractivity contribution is -0.141. The first kappa shape index (κ1) is 31.2. The maximum absolute atomic E-state index is 12.4. The highest BCUT2D eigenvalue weighted by atomic mass is 35.5. The summed E-state index contributed by atoms with van der Waals surface area (Å²) in [7, 11) is 1.39. The number of esters is 1. The fourth-order valence-electron chi connectivity index (χ4n) is 5.70. The van der Waals surface area contributed by atoms with Crippen LogP contribution in [0.15, 0.2) is 53.5 Å². The first-order valence-electron chi connectivity index (χ1n) is 14.3. The van der Waals surface area contributed by atoms with Gasteiger partial charge in [-0.15, -0.1) is 33.9 Å². The van der Waals surface area contributed by atoms with Crippen molar-refractivity contribution in [2.75, 3.05) is 25.1 Å². The molecule has 4 heterocycles. The summed E-state index contributed by atoms with van der Waals surface area (Å²) in [5.41, 5.74) is 5.38. The zero-order valence-corrected chi connectivity index (χ0v) is 26.6. The van der Waals surface area contributed by atoms with Crippen LogP contribution in [0, 0.1) is 20.8 Å². The van der Waals surface area contributed by atoms with Gasteiger partial charge in [-0.05, 0) is 62.7 Å². The van der Waals surface area contributed by atoms with Crippen LogP contribution in [0.3, 0.4) is 0 Å². The Kier molecular flexibility index (Phi) is 9.07.